The average molecular weight is 836 g/mol. The van der Waals surface area contributed by atoms with Crippen LogP contribution in [0.25, 0.3) is 21.6 Å². The summed E-state index contributed by atoms with van der Waals surface area (Å²) < 4.78 is 75.2. The highest BCUT2D eigenvalue weighted by Gasteiger charge is 2.51. The molecule has 0 bridgehead atoms. The van der Waals surface area contributed by atoms with Gasteiger partial charge in [0.1, 0.15) is 22.2 Å². The lowest BCUT2D eigenvalue weighted by Gasteiger charge is -2.34. The largest absolute Gasteiger partial charge is 0.496 e. The van der Waals surface area contributed by atoms with Gasteiger partial charge in [-0.2, -0.15) is 13.2 Å². The molecule has 0 radical (unpaired) electrons. The highest BCUT2D eigenvalue weighted by atomic mass is 32.2. The number of thiazole rings is 1. The molecule has 2 aromatic heterocycles. The lowest BCUT2D eigenvalue weighted by atomic mass is 9.78. The van der Waals surface area contributed by atoms with Gasteiger partial charge in [0.25, 0.3) is 0 Å². The van der Waals surface area contributed by atoms with E-state index in [9.17, 15) is 36.0 Å². The predicted molar refractivity (Wildman–Crippen MR) is 212 cm³/mol. The summed E-state index contributed by atoms with van der Waals surface area (Å²) in [4.78, 5) is 44.3. The number of methoxy groups -OCH3 is 1. The zero-order chi connectivity index (χ0) is 41.8. The van der Waals surface area contributed by atoms with Crippen LogP contribution in [-0.2, 0) is 30.6 Å². The summed E-state index contributed by atoms with van der Waals surface area (Å²) in [5.74, 6) is 1.38. The van der Waals surface area contributed by atoms with Crippen LogP contribution in [0.15, 0.2) is 35.7 Å². The number of unbranched alkanes of at least 4 members (excludes halogenated alkanes) is 2. The number of carbonyl (C=O) groups excluding carboxylic acids is 3. The summed E-state index contributed by atoms with van der Waals surface area (Å²) in [5.41, 5.74) is 0.366. The third-order valence-electron chi connectivity index (χ3n) is 11.4. The first-order chi connectivity index (χ1) is 26.8. The molecule has 0 saturated heterocycles. The fourth-order valence-electron chi connectivity index (χ4n) is 7.05. The normalized spacial score (nSPS) is 23.9. The second kappa shape index (κ2) is 17.7. The van der Waals surface area contributed by atoms with Gasteiger partial charge in [-0.3, -0.25) is 19.1 Å². The Balaban J connectivity index is 0.000000540. The van der Waals surface area contributed by atoms with Gasteiger partial charge in [-0.15, -0.1) is 11.3 Å². The van der Waals surface area contributed by atoms with Crippen molar-refractivity contribution >= 4 is 51.0 Å². The Bertz CT molecular complexity index is 2070. The zero-order valence-corrected chi connectivity index (χ0v) is 34.8. The maximum atomic E-state index is 13.6. The molecule has 3 saturated carbocycles. The van der Waals surface area contributed by atoms with E-state index in [-0.39, 0.29) is 46.5 Å². The number of aryl methyl sites for hydroxylation is 1. The number of benzene rings is 1. The molecule has 312 valence electrons. The van der Waals surface area contributed by atoms with Gasteiger partial charge in [-0.05, 0) is 96.6 Å². The first kappa shape index (κ1) is 43.9. The number of sulfonamides is 1. The number of fused-ring (bicyclic) bond motifs is 1. The van der Waals surface area contributed by atoms with Crippen LogP contribution >= 0.6 is 11.3 Å². The van der Waals surface area contributed by atoms with E-state index in [0.29, 0.717) is 42.2 Å². The SMILES string of the molecule is CC1(S(=O)(=O)NC=O)CC1.COc1ccc2c(O[C@H]3CC[C@@H](C)C(C(=O)N[C@]4(C)C[C@H]4/C=C\CCCCN(C)C=O)C3)cc(-c3nc(C(F)(F)F)cs3)nc2c1C. The molecule has 12 nitrogen and oxygen atoms in total. The quantitative estimate of drug-likeness (QED) is 0.0866. The average Bonchev–Trinajstić information content (AvgIpc) is 3.98. The fraction of sp³-hybridized carbons (Fsp3) is 0.575. The van der Waals surface area contributed by atoms with E-state index in [1.165, 1.54) is 0 Å². The van der Waals surface area contributed by atoms with Crippen molar-refractivity contribution < 1.29 is 45.4 Å². The van der Waals surface area contributed by atoms with E-state index in [1.807, 2.05) is 23.8 Å². The number of aromatic nitrogens is 2. The predicted octanol–water partition coefficient (Wildman–Crippen LogP) is 7.20. The van der Waals surface area contributed by atoms with Gasteiger partial charge in [-0.25, -0.2) is 18.4 Å². The second-order valence-corrected chi connectivity index (χ2v) is 19.0. The van der Waals surface area contributed by atoms with Crippen molar-refractivity contribution in [3.05, 3.63) is 47.0 Å². The summed E-state index contributed by atoms with van der Waals surface area (Å²) >= 11 is 0.883. The molecular weight excluding hydrogens is 784 g/mol. The standard InChI is InChI=1S/C35H43F3N4O4S.C5H9NO3S/c1-21-11-12-24(16-26(21)32(44)41-34(3)18-23(34)10-8-6-7-9-15-42(4)20-43)46-29-17-27(33-40-30(19-47-33)35(36,37)38)39-31-22(2)28(45-5)14-13-25(29)31;1-5(2-3-5)10(8,9)6-4-7/h8,10,13-14,17,19-21,23-24,26H,6-7,9,11-12,15-16,18H2,1-5H3,(H,41,44);4H,2-3H2,1H3,(H,6,7)/b10-8-;/t21-,23-,24+,26?,34-;/m1./s1. The van der Waals surface area contributed by atoms with Crippen LogP contribution < -0.4 is 19.5 Å². The Labute approximate surface area is 336 Å². The van der Waals surface area contributed by atoms with Crippen LogP contribution in [0.4, 0.5) is 13.2 Å². The van der Waals surface area contributed by atoms with Crippen LogP contribution in [0.5, 0.6) is 11.5 Å². The van der Waals surface area contributed by atoms with Crippen LogP contribution in [-0.4, -0.2) is 79.1 Å². The minimum absolute atomic E-state index is 0.0319. The molecule has 3 amide bonds. The Morgan fingerprint density at radius 3 is 2.49 bits per heavy atom. The van der Waals surface area contributed by atoms with Crippen LogP contribution in [0.3, 0.4) is 0 Å². The number of hydrogen-bond acceptors (Lipinski definition) is 10. The first-order valence-electron chi connectivity index (χ1n) is 19.1. The number of nitrogens with one attached hydrogen (secondary N) is 2. The molecular formula is C40H52F3N5O7S2. The number of ether oxygens (including phenoxy) is 2. The Morgan fingerprint density at radius 1 is 1.12 bits per heavy atom. The molecule has 0 aliphatic heterocycles. The van der Waals surface area contributed by atoms with Crippen LogP contribution in [0.1, 0.15) is 89.8 Å². The van der Waals surface area contributed by atoms with Gasteiger partial charge in [0.05, 0.1) is 23.5 Å². The molecule has 17 heteroatoms. The molecule has 3 aliphatic carbocycles. The molecule has 0 spiro atoms. The van der Waals surface area contributed by atoms with Crippen molar-refractivity contribution in [3.63, 3.8) is 0 Å². The zero-order valence-electron chi connectivity index (χ0n) is 33.1. The van der Waals surface area contributed by atoms with Gasteiger partial charge in [0.15, 0.2) is 5.69 Å². The van der Waals surface area contributed by atoms with Gasteiger partial charge in [0, 0.05) is 53.4 Å². The molecule has 1 unspecified atom stereocenters. The lowest BCUT2D eigenvalue weighted by Crippen LogP contribution is -2.45. The van der Waals surface area contributed by atoms with E-state index in [2.05, 4.69) is 36.3 Å². The maximum absolute atomic E-state index is 13.6. The molecule has 3 aliphatic rings. The number of amides is 3. The maximum Gasteiger partial charge on any atom is 0.434 e. The molecule has 3 aromatic rings. The van der Waals surface area contributed by atoms with Gasteiger partial charge < -0.3 is 19.7 Å². The molecule has 5 atom stereocenters. The molecule has 57 heavy (non-hydrogen) atoms. The number of hydrogen-bond donors (Lipinski definition) is 2. The third-order valence-corrected chi connectivity index (χ3v) is 14.3. The van der Waals surface area contributed by atoms with E-state index in [1.54, 1.807) is 32.0 Å². The van der Waals surface area contributed by atoms with Gasteiger partial charge in [0.2, 0.25) is 28.8 Å². The molecule has 3 fully saturated rings. The highest BCUT2D eigenvalue weighted by Crippen LogP contribution is 2.46. The van der Waals surface area contributed by atoms with Crippen molar-refractivity contribution in [3.8, 4) is 22.2 Å². The van der Waals surface area contributed by atoms with E-state index in [0.717, 1.165) is 79.1 Å². The Hall–Kier alpha value is -4.25. The van der Waals surface area contributed by atoms with Gasteiger partial charge in [-0.1, -0.05) is 19.1 Å². The van der Waals surface area contributed by atoms with Gasteiger partial charge >= 0.3 is 6.18 Å². The van der Waals surface area contributed by atoms with Crippen molar-refractivity contribution in [2.75, 3.05) is 20.7 Å². The minimum atomic E-state index is -4.55. The van der Waals surface area contributed by atoms with Crippen LogP contribution in [0, 0.1) is 24.7 Å². The fourth-order valence-corrected chi connectivity index (χ4v) is 8.88. The number of allylic oxidation sites excluding steroid dienone is 1. The lowest BCUT2D eigenvalue weighted by molar-refractivity contribution is -0.140. The van der Waals surface area contributed by atoms with E-state index >= 15 is 0 Å². The number of halogens is 3. The van der Waals surface area contributed by atoms with Crippen molar-refractivity contribution in [1.82, 2.24) is 24.9 Å². The number of pyridine rings is 1. The van der Waals surface area contributed by atoms with Crippen molar-refractivity contribution in [2.45, 2.75) is 108 Å². The Morgan fingerprint density at radius 2 is 1.86 bits per heavy atom. The minimum Gasteiger partial charge on any atom is -0.496 e. The summed E-state index contributed by atoms with van der Waals surface area (Å²) in [5, 5.41) is 5.17. The second-order valence-electron chi connectivity index (χ2n) is 15.9. The molecule has 1 aromatic carbocycles. The summed E-state index contributed by atoms with van der Waals surface area (Å²) in [6, 6.07) is 5.32. The highest BCUT2D eigenvalue weighted by molar-refractivity contribution is 7.91. The summed E-state index contributed by atoms with van der Waals surface area (Å²) in [6.07, 6.45) is 7.79. The smallest absolute Gasteiger partial charge is 0.434 e. The molecule has 2 N–H and O–H groups in total. The third kappa shape index (κ3) is 10.6. The monoisotopic (exact) mass is 835 g/mol. The Kier molecular flexibility index (Phi) is 13.6. The van der Waals surface area contributed by atoms with Crippen molar-refractivity contribution in [2.24, 2.45) is 17.8 Å². The molecule has 2 heterocycles. The summed E-state index contributed by atoms with van der Waals surface area (Å²) in [7, 11) is -0.0210. The number of nitrogens with zero attached hydrogens (tertiary/aromatic N) is 3. The first-order valence-corrected chi connectivity index (χ1v) is 21.5. The number of rotatable bonds is 16. The topological polar surface area (TPSA) is 157 Å². The number of carbonyl (C=O) groups is 3. The number of alkyl halides is 3. The van der Waals surface area contributed by atoms with Crippen molar-refractivity contribution in [1.29, 1.82) is 0 Å². The van der Waals surface area contributed by atoms with E-state index < -0.39 is 26.6 Å². The summed E-state index contributed by atoms with van der Waals surface area (Å²) in [6.45, 7) is 8.41. The molecule has 6 rings (SSSR count). The van der Waals surface area contributed by atoms with E-state index in [4.69, 9.17) is 14.5 Å². The van der Waals surface area contributed by atoms with Crippen LogP contribution in [0.2, 0.25) is 0 Å².